The van der Waals surface area contributed by atoms with Gasteiger partial charge in [-0.05, 0) is 42.3 Å². The van der Waals surface area contributed by atoms with Gasteiger partial charge in [0.1, 0.15) is 18.0 Å². The van der Waals surface area contributed by atoms with E-state index in [0.29, 0.717) is 19.0 Å². The second kappa shape index (κ2) is 5.65. The van der Waals surface area contributed by atoms with Crippen LogP contribution in [0.2, 0.25) is 5.02 Å². The van der Waals surface area contributed by atoms with Gasteiger partial charge in [0.25, 0.3) is 0 Å². The number of aromatic amines is 1. The van der Waals surface area contributed by atoms with Crippen molar-refractivity contribution in [2.75, 3.05) is 13.2 Å². The molecule has 2 aromatic carbocycles. The number of nitrogens with two attached hydrogens (primary N) is 1. The summed E-state index contributed by atoms with van der Waals surface area (Å²) in [6, 6.07) is 16.3. The average Bonchev–Trinajstić information content (AvgIpc) is 2.98. The molecule has 1 atom stereocenters. The number of amidine groups is 1. The number of hydrogen-bond donors (Lipinski definition) is 2. The molecule has 122 valence electrons. The number of H-pyrrole nitrogens is 1. The second-order valence-electron chi connectivity index (χ2n) is 6.37. The molecule has 0 aliphatic carbocycles. The van der Waals surface area contributed by atoms with Crippen molar-refractivity contribution in [3.63, 3.8) is 0 Å². The van der Waals surface area contributed by atoms with Gasteiger partial charge in [0.15, 0.2) is 0 Å². The molecule has 3 N–H and O–H groups in total. The Balaban J connectivity index is 1.78. The van der Waals surface area contributed by atoms with Crippen molar-refractivity contribution in [3.8, 4) is 11.3 Å². The predicted molar refractivity (Wildman–Crippen MR) is 98.5 cm³/mol. The topological polar surface area (TPSA) is 63.4 Å². The molecule has 0 spiro atoms. The molecule has 0 amide bonds. The van der Waals surface area contributed by atoms with E-state index in [1.54, 1.807) is 0 Å². The Bertz CT molecular complexity index is 947. The Morgan fingerprint density at radius 1 is 1.21 bits per heavy atom. The van der Waals surface area contributed by atoms with Gasteiger partial charge in [0.05, 0.1) is 6.61 Å². The molecule has 1 aliphatic rings. The summed E-state index contributed by atoms with van der Waals surface area (Å²) in [5, 5.41) is 1.86. The summed E-state index contributed by atoms with van der Waals surface area (Å²) in [6.07, 6.45) is 0. The maximum Gasteiger partial charge on any atom is 0.121 e. The SMILES string of the molecule is C[C@]1(c2cccc(-c3cc4ccc(Cl)cc4[nH]3)c2)COCC(N)=N1. The molecule has 1 aliphatic heterocycles. The third-order valence-corrected chi connectivity index (χ3v) is 4.64. The van der Waals surface area contributed by atoms with Crippen molar-refractivity contribution in [2.45, 2.75) is 12.5 Å². The van der Waals surface area contributed by atoms with Crippen LogP contribution in [0.3, 0.4) is 0 Å². The third kappa shape index (κ3) is 2.68. The van der Waals surface area contributed by atoms with E-state index in [0.717, 1.165) is 32.7 Å². The molecule has 3 aromatic rings. The molecule has 4 nitrogen and oxygen atoms in total. The molecular formula is C19H18ClN3O. The first kappa shape index (κ1) is 15.2. The van der Waals surface area contributed by atoms with Gasteiger partial charge >= 0.3 is 0 Å². The smallest absolute Gasteiger partial charge is 0.121 e. The predicted octanol–water partition coefficient (Wildman–Crippen LogP) is 4.09. The highest BCUT2D eigenvalue weighted by atomic mass is 35.5. The number of ether oxygens (including phenoxy) is 1. The van der Waals surface area contributed by atoms with Crippen LogP contribution in [0.4, 0.5) is 0 Å². The normalized spacial score (nSPS) is 21.0. The molecule has 0 radical (unpaired) electrons. The standard InChI is InChI=1S/C19H18ClN3O/c1-19(11-24-10-18(21)23-19)14-4-2-3-12(7-14)16-8-13-5-6-15(20)9-17(13)22-16/h2-9,22H,10-11H2,1H3,(H2,21,23)/t19-/m1/s1. The minimum absolute atomic E-state index is 0.401. The van der Waals surface area contributed by atoms with E-state index in [-0.39, 0.29) is 0 Å². The molecule has 0 saturated carbocycles. The molecule has 1 aromatic heterocycles. The van der Waals surface area contributed by atoms with Gasteiger partial charge in [-0.15, -0.1) is 0 Å². The van der Waals surface area contributed by atoms with Gasteiger partial charge in [0, 0.05) is 21.6 Å². The minimum atomic E-state index is -0.451. The van der Waals surface area contributed by atoms with Crippen molar-refractivity contribution in [2.24, 2.45) is 10.7 Å². The number of fused-ring (bicyclic) bond motifs is 1. The quantitative estimate of drug-likeness (QED) is 0.738. The molecule has 0 unspecified atom stereocenters. The number of nitrogens with one attached hydrogen (secondary N) is 1. The fraction of sp³-hybridized carbons (Fsp3) is 0.211. The third-order valence-electron chi connectivity index (χ3n) is 4.40. The molecule has 0 saturated heterocycles. The summed E-state index contributed by atoms with van der Waals surface area (Å²) >= 11 is 6.07. The van der Waals surface area contributed by atoms with Crippen molar-refractivity contribution in [3.05, 3.63) is 59.1 Å². The zero-order valence-corrected chi connectivity index (χ0v) is 14.1. The second-order valence-corrected chi connectivity index (χ2v) is 6.80. The van der Waals surface area contributed by atoms with Crippen molar-refractivity contribution < 1.29 is 4.74 Å². The van der Waals surface area contributed by atoms with Crippen LogP contribution in [0.15, 0.2) is 53.5 Å². The molecule has 5 heteroatoms. The maximum atomic E-state index is 6.07. The number of benzene rings is 2. The van der Waals surface area contributed by atoms with Crippen molar-refractivity contribution >= 4 is 28.3 Å². The fourth-order valence-corrected chi connectivity index (χ4v) is 3.33. The van der Waals surface area contributed by atoms with Crippen LogP contribution in [0.5, 0.6) is 0 Å². The zero-order valence-electron chi connectivity index (χ0n) is 13.3. The Kier molecular flexibility index (Phi) is 3.59. The van der Waals surface area contributed by atoms with E-state index in [2.05, 4.69) is 34.2 Å². The minimum Gasteiger partial charge on any atom is -0.386 e. The first-order valence-electron chi connectivity index (χ1n) is 7.85. The molecule has 0 bridgehead atoms. The Morgan fingerprint density at radius 3 is 2.92 bits per heavy atom. The van der Waals surface area contributed by atoms with Gasteiger partial charge in [-0.25, -0.2) is 0 Å². The van der Waals surface area contributed by atoms with Crippen LogP contribution < -0.4 is 5.73 Å². The lowest BCUT2D eigenvalue weighted by Crippen LogP contribution is -2.37. The fourth-order valence-electron chi connectivity index (χ4n) is 3.16. The van der Waals surface area contributed by atoms with Crippen LogP contribution in [0.25, 0.3) is 22.2 Å². The number of nitrogens with zero attached hydrogens (tertiary/aromatic N) is 1. The van der Waals surface area contributed by atoms with E-state index >= 15 is 0 Å². The lowest BCUT2D eigenvalue weighted by molar-refractivity contribution is 0.106. The highest BCUT2D eigenvalue weighted by Gasteiger charge is 2.30. The van der Waals surface area contributed by atoms with Gasteiger partial charge in [-0.1, -0.05) is 35.9 Å². The number of aromatic nitrogens is 1. The Labute approximate surface area is 145 Å². The van der Waals surface area contributed by atoms with Gasteiger partial charge in [-0.3, -0.25) is 4.99 Å². The summed E-state index contributed by atoms with van der Waals surface area (Å²) < 4.78 is 5.58. The molecule has 4 rings (SSSR count). The number of hydrogen-bond acceptors (Lipinski definition) is 3. The van der Waals surface area contributed by atoms with E-state index in [9.17, 15) is 0 Å². The summed E-state index contributed by atoms with van der Waals surface area (Å²) in [7, 11) is 0. The number of halogens is 1. The lowest BCUT2D eigenvalue weighted by Gasteiger charge is -2.30. The summed E-state index contributed by atoms with van der Waals surface area (Å²) in [6.45, 7) is 2.97. The molecule has 2 heterocycles. The first-order valence-corrected chi connectivity index (χ1v) is 8.22. The monoisotopic (exact) mass is 339 g/mol. The van der Waals surface area contributed by atoms with Crippen LogP contribution in [-0.2, 0) is 10.3 Å². The zero-order chi connectivity index (χ0) is 16.7. The van der Waals surface area contributed by atoms with Gasteiger partial charge < -0.3 is 15.5 Å². The van der Waals surface area contributed by atoms with Crippen LogP contribution in [-0.4, -0.2) is 24.0 Å². The highest BCUT2D eigenvalue weighted by Crippen LogP contribution is 2.32. The molecule has 0 fully saturated rings. The van der Waals surface area contributed by atoms with E-state index in [1.165, 1.54) is 0 Å². The molecule has 24 heavy (non-hydrogen) atoms. The van der Waals surface area contributed by atoms with Gasteiger partial charge in [-0.2, -0.15) is 0 Å². The van der Waals surface area contributed by atoms with Crippen molar-refractivity contribution in [1.29, 1.82) is 0 Å². The van der Waals surface area contributed by atoms with E-state index in [1.807, 2.05) is 31.2 Å². The van der Waals surface area contributed by atoms with Gasteiger partial charge in [0.2, 0.25) is 0 Å². The summed E-state index contributed by atoms with van der Waals surface area (Å²) in [5.74, 6) is 0.536. The lowest BCUT2D eigenvalue weighted by atomic mass is 9.91. The molecular weight excluding hydrogens is 322 g/mol. The van der Waals surface area contributed by atoms with Crippen LogP contribution in [0, 0.1) is 0 Å². The average molecular weight is 340 g/mol. The number of aliphatic imine (C=N–C) groups is 1. The Hall–Kier alpha value is -2.30. The maximum absolute atomic E-state index is 6.07. The largest absolute Gasteiger partial charge is 0.386 e. The van der Waals surface area contributed by atoms with Crippen LogP contribution >= 0.6 is 11.6 Å². The highest BCUT2D eigenvalue weighted by molar-refractivity contribution is 6.31. The Morgan fingerprint density at radius 2 is 2.08 bits per heavy atom. The van der Waals surface area contributed by atoms with E-state index in [4.69, 9.17) is 22.1 Å². The van der Waals surface area contributed by atoms with E-state index < -0.39 is 5.54 Å². The number of rotatable bonds is 2. The first-order chi connectivity index (χ1) is 11.5. The summed E-state index contributed by atoms with van der Waals surface area (Å²) in [4.78, 5) is 8.04. The van der Waals surface area contributed by atoms with Crippen LogP contribution in [0.1, 0.15) is 12.5 Å². The summed E-state index contributed by atoms with van der Waals surface area (Å²) in [5.41, 5.74) is 9.67. The van der Waals surface area contributed by atoms with Crippen molar-refractivity contribution in [1.82, 2.24) is 4.98 Å².